The molecule has 31 heavy (non-hydrogen) atoms. The fourth-order valence-electron chi connectivity index (χ4n) is 3.05. The predicted molar refractivity (Wildman–Crippen MR) is 113 cm³/mol. The predicted octanol–water partition coefficient (Wildman–Crippen LogP) is 2.75. The molecule has 1 heterocycles. The topological polar surface area (TPSA) is 112 Å². The molecular formula is C22H30N2O7. The summed E-state index contributed by atoms with van der Waals surface area (Å²) in [5, 5.41) is 5.56. The summed E-state index contributed by atoms with van der Waals surface area (Å²) in [6.07, 6.45) is 4.04. The Kier molecular flexibility index (Phi) is 9.33. The van der Waals surface area contributed by atoms with E-state index < -0.39 is 17.8 Å². The van der Waals surface area contributed by atoms with E-state index in [0.717, 1.165) is 5.56 Å². The molecule has 1 saturated heterocycles. The van der Waals surface area contributed by atoms with Crippen molar-refractivity contribution in [2.75, 3.05) is 20.3 Å². The van der Waals surface area contributed by atoms with E-state index in [1.165, 1.54) is 0 Å². The summed E-state index contributed by atoms with van der Waals surface area (Å²) in [6.45, 7) is 4.30. The van der Waals surface area contributed by atoms with Crippen LogP contribution in [0.4, 0.5) is 4.79 Å². The Bertz CT molecular complexity index is 771. The van der Waals surface area contributed by atoms with Gasteiger partial charge in [0, 0.05) is 18.9 Å². The molecule has 1 amide bonds. The van der Waals surface area contributed by atoms with Crippen LogP contribution < -0.4 is 15.4 Å². The first-order chi connectivity index (χ1) is 14.9. The van der Waals surface area contributed by atoms with Crippen LogP contribution in [0.5, 0.6) is 5.75 Å². The Hall–Kier alpha value is -3.07. The Morgan fingerprint density at radius 2 is 2.00 bits per heavy atom. The Balaban J connectivity index is 1.92. The lowest BCUT2D eigenvalue weighted by Gasteiger charge is -2.28. The fraction of sp³-hybridized carbons (Fsp3) is 0.500. The molecule has 170 valence electrons. The minimum absolute atomic E-state index is 0.160. The van der Waals surface area contributed by atoms with Crippen LogP contribution in [-0.4, -0.2) is 50.1 Å². The first-order valence-electron chi connectivity index (χ1n) is 10.3. The summed E-state index contributed by atoms with van der Waals surface area (Å²) >= 11 is 0. The molecule has 2 rings (SSSR count). The second-order valence-corrected chi connectivity index (χ2v) is 7.13. The van der Waals surface area contributed by atoms with Crippen molar-refractivity contribution in [1.82, 2.24) is 10.6 Å². The van der Waals surface area contributed by atoms with E-state index in [4.69, 9.17) is 18.9 Å². The highest BCUT2D eigenvalue weighted by Gasteiger charge is 2.46. The number of hydrogen-bond donors (Lipinski definition) is 2. The summed E-state index contributed by atoms with van der Waals surface area (Å²) in [4.78, 5) is 36.3. The molecule has 1 fully saturated rings. The van der Waals surface area contributed by atoms with Gasteiger partial charge in [-0.05, 0) is 57.0 Å². The maximum absolute atomic E-state index is 12.8. The SMILES string of the molecule is CCOC(=O)CCC(C)NC(=O)OC(=O)[C@]1(Oc2ccc(C=COC)cc2)CCCN1. The molecule has 0 spiro atoms. The number of amides is 1. The molecule has 0 aliphatic carbocycles. The number of methoxy groups -OCH3 is 1. The number of carbonyl (C=O) groups is 3. The van der Waals surface area contributed by atoms with Crippen molar-refractivity contribution in [3.05, 3.63) is 36.1 Å². The Morgan fingerprint density at radius 3 is 2.61 bits per heavy atom. The lowest BCUT2D eigenvalue weighted by Crippen LogP contribution is -2.55. The zero-order valence-corrected chi connectivity index (χ0v) is 18.1. The van der Waals surface area contributed by atoms with Crippen LogP contribution in [0.1, 0.15) is 45.1 Å². The van der Waals surface area contributed by atoms with Crippen LogP contribution in [0, 0.1) is 0 Å². The van der Waals surface area contributed by atoms with Crippen LogP contribution in [-0.2, 0) is 23.8 Å². The van der Waals surface area contributed by atoms with Gasteiger partial charge in [-0.1, -0.05) is 12.1 Å². The lowest BCUT2D eigenvalue weighted by atomic mass is 10.1. The quantitative estimate of drug-likeness (QED) is 0.328. The average Bonchev–Trinajstić information content (AvgIpc) is 3.22. The highest BCUT2D eigenvalue weighted by molar-refractivity contribution is 5.90. The highest BCUT2D eigenvalue weighted by atomic mass is 16.6. The minimum atomic E-state index is -1.44. The third-order valence-corrected chi connectivity index (χ3v) is 4.65. The maximum Gasteiger partial charge on any atom is 0.415 e. The smallest absolute Gasteiger partial charge is 0.415 e. The molecule has 1 aromatic rings. The monoisotopic (exact) mass is 434 g/mol. The molecule has 1 aliphatic rings. The molecule has 1 unspecified atom stereocenters. The zero-order chi connectivity index (χ0) is 22.7. The van der Waals surface area contributed by atoms with Crippen molar-refractivity contribution in [3.8, 4) is 5.75 Å². The van der Waals surface area contributed by atoms with Gasteiger partial charge in [0.25, 0.3) is 5.72 Å². The molecule has 0 radical (unpaired) electrons. The third kappa shape index (κ3) is 7.60. The second kappa shape index (κ2) is 11.9. The van der Waals surface area contributed by atoms with E-state index in [1.54, 1.807) is 45.4 Å². The van der Waals surface area contributed by atoms with Crippen molar-refractivity contribution >= 4 is 24.1 Å². The summed E-state index contributed by atoms with van der Waals surface area (Å²) in [5.41, 5.74) is -0.531. The summed E-state index contributed by atoms with van der Waals surface area (Å²) in [5.74, 6) is -0.695. The molecule has 0 bridgehead atoms. The van der Waals surface area contributed by atoms with Crippen LogP contribution >= 0.6 is 0 Å². The van der Waals surface area contributed by atoms with Gasteiger partial charge in [0.1, 0.15) is 5.75 Å². The number of benzene rings is 1. The van der Waals surface area contributed by atoms with Gasteiger partial charge < -0.3 is 24.3 Å². The van der Waals surface area contributed by atoms with Crippen LogP contribution in [0.15, 0.2) is 30.5 Å². The number of carbonyl (C=O) groups excluding carboxylic acids is 3. The van der Waals surface area contributed by atoms with Gasteiger partial charge in [-0.15, -0.1) is 0 Å². The lowest BCUT2D eigenvalue weighted by molar-refractivity contribution is -0.157. The van der Waals surface area contributed by atoms with Crippen LogP contribution in [0.25, 0.3) is 6.08 Å². The van der Waals surface area contributed by atoms with Gasteiger partial charge in [0.05, 0.1) is 20.0 Å². The fourth-order valence-corrected chi connectivity index (χ4v) is 3.05. The number of ether oxygens (including phenoxy) is 4. The molecule has 0 saturated carbocycles. The van der Waals surface area contributed by atoms with Crippen LogP contribution in [0.2, 0.25) is 0 Å². The van der Waals surface area contributed by atoms with Crippen molar-refractivity contribution in [3.63, 3.8) is 0 Å². The van der Waals surface area contributed by atoms with Gasteiger partial charge in [0.2, 0.25) is 0 Å². The number of rotatable bonds is 10. The van der Waals surface area contributed by atoms with Crippen molar-refractivity contribution < 1.29 is 33.3 Å². The largest absolute Gasteiger partial charge is 0.504 e. The molecule has 2 atom stereocenters. The Morgan fingerprint density at radius 1 is 1.26 bits per heavy atom. The zero-order valence-electron chi connectivity index (χ0n) is 18.1. The average molecular weight is 434 g/mol. The third-order valence-electron chi connectivity index (χ3n) is 4.65. The van der Waals surface area contributed by atoms with Crippen molar-refractivity contribution in [1.29, 1.82) is 0 Å². The van der Waals surface area contributed by atoms with Gasteiger partial charge in [-0.25, -0.2) is 9.59 Å². The number of alkyl carbamates (subject to hydrolysis) is 1. The van der Waals surface area contributed by atoms with Gasteiger partial charge in [-0.3, -0.25) is 10.1 Å². The number of esters is 2. The van der Waals surface area contributed by atoms with Crippen LogP contribution in [0.3, 0.4) is 0 Å². The molecule has 0 aromatic heterocycles. The molecular weight excluding hydrogens is 404 g/mol. The highest BCUT2D eigenvalue weighted by Crippen LogP contribution is 2.26. The molecule has 9 heteroatoms. The normalized spacial score (nSPS) is 18.9. The van der Waals surface area contributed by atoms with E-state index >= 15 is 0 Å². The van der Waals surface area contributed by atoms with E-state index in [0.29, 0.717) is 38.2 Å². The molecule has 1 aliphatic heterocycles. The standard InChI is InChI=1S/C22H30N2O7/c1-4-29-19(25)11-6-16(2)24-21(27)30-20(26)22(13-5-14-23-22)31-18-9-7-17(8-10-18)12-15-28-3/h7-10,12,15-16,23H,4-6,11,13-14H2,1-3H3,(H,24,27)/t16?,22-/m1/s1. The molecule has 9 nitrogen and oxygen atoms in total. The second-order valence-electron chi connectivity index (χ2n) is 7.13. The summed E-state index contributed by atoms with van der Waals surface area (Å²) < 4.78 is 20.6. The van der Waals surface area contributed by atoms with Crippen molar-refractivity contribution in [2.24, 2.45) is 0 Å². The van der Waals surface area contributed by atoms with E-state index in [-0.39, 0.29) is 18.4 Å². The van der Waals surface area contributed by atoms with E-state index in [2.05, 4.69) is 10.6 Å². The number of hydrogen-bond acceptors (Lipinski definition) is 8. The van der Waals surface area contributed by atoms with Gasteiger partial charge in [0.15, 0.2) is 0 Å². The van der Waals surface area contributed by atoms with E-state index in [9.17, 15) is 14.4 Å². The van der Waals surface area contributed by atoms with E-state index in [1.807, 2.05) is 12.1 Å². The minimum Gasteiger partial charge on any atom is -0.504 e. The summed E-state index contributed by atoms with van der Waals surface area (Å²) in [6, 6.07) is 6.71. The van der Waals surface area contributed by atoms with Gasteiger partial charge >= 0.3 is 18.0 Å². The van der Waals surface area contributed by atoms with Gasteiger partial charge in [-0.2, -0.15) is 0 Å². The first-order valence-corrected chi connectivity index (χ1v) is 10.3. The molecule has 2 N–H and O–H groups in total. The Labute approximate surface area is 182 Å². The first kappa shape index (κ1) is 24.2. The molecule has 1 aromatic carbocycles. The maximum atomic E-state index is 12.8. The van der Waals surface area contributed by atoms with Crippen molar-refractivity contribution in [2.45, 2.75) is 51.3 Å². The summed E-state index contributed by atoms with van der Waals surface area (Å²) in [7, 11) is 1.56. The number of nitrogens with one attached hydrogen (secondary N) is 2.